The highest BCUT2D eigenvalue weighted by molar-refractivity contribution is 7.10. The molecule has 0 aliphatic heterocycles. The Labute approximate surface area is 117 Å². The third-order valence-corrected chi connectivity index (χ3v) is 3.57. The normalized spacial score (nSPS) is 11.2. The Kier molecular flexibility index (Phi) is 4.86. The molecule has 19 heavy (non-hydrogen) atoms. The molecule has 0 saturated carbocycles. The van der Waals surface area contributed by atoms with Crippen LogP contribution in [0.25, 0.3) is 0 Å². The minimum Gasteiger partial charge on any atom is -0.374 e. The van der Waals surface area contributed by atoms with Crippen molar-refractivity contribution in [3.8, 4) is 0 Å². The number of aromatic nitrogens is 4. The van der Waals surface area contributed by atoms with Crippen molar-refractivity contribution in [2.45, 2.75) is 26.4 Å². The summed E-state index contributed by atoms with van der Waals surface area (Å²) in [7, 11) is 4.08. The molecule has 0 fully saturated rings. The lowest BCUT2D eigenvalue weighted by Gasteiger charge is -2.15. The Morgan fingerprint density at radius 2 is 2.26 bits per heavy atom. The zero-order valence-corrected chi connectivity index (χ0v) is 12.4. The molecule has 0 bridgehead atoms. The molecule has 0 atom stereocenters. The summed E-state index contributed by atoms with van der Waals surface area (Å²) in [5.41, 5.74) is 1.01. The highest BCUT2D eigenvalue weighted by Crippen LogP contribution is 2.19. The molecule has 2 aromatic heterocycles. The Balaban J connectivity index is 1.93. The van der Waals surface area contributed by atoms with Crippen molar-refractivity contribution in [1.29, 1.82) is 0 Å². The Hall–Kier alpha value is -1.47. The SMILES string of the molecule is CCCNc1snnc1CN(C)Cc1nccn1C. The first-order chi connectivity index (χ1) is 9.20. The van der Waals surface area contributed by atoms with E-state index in [1.807, 2.05) is 24.0 Å². The van der Waals surface area contributed by atoms with Gasteiger partial charge in [-0.15, -0.1) is 5.10 Å². The second kappa shape index (κ2) is 6.63. The first kappa shape index (κ1) is 14.0. The van der Waals surface area contributed by atoms with Crippen LogP contribution in [0.4, 0.5) is 5.00 Å². The minimum absolute atomic E-state index is 0.773. The number of hydrogen-bond acceptors (Lipinski definition) is 6. The third-order valence-electron chi connectivity index (χ3n) is 2.84. The lowest BCUT2D eigenvalue weighted by Crippen LogP contribution is -2.20. The fourth-order valence-corrected chi connectivity index (χ4v) is 2.39. The maximum atomic E-state index is 4.33. The van der Waals surface area contributed by atoms with Crippen LogP contribution >= 0.6 is 11.5 Å². The molecule has 0 spiro atoms. The standard InChI is InChI=1S/C12H20N6S/c1-4-5-14-12-10(15-16-19-12)8-17(2)9-11-13-6-7-18(11)3/h6-7,14H,4-5,8-9H2,1-3H3. The zero-order valence-electron chi connectivity index (χ0n) is 11.6. The van der Waals surface area contributed by atoms with Crippen molar-refractivity contribution in [3.63, 3.8) is 0 Å². The molecule has 0 aliphatic rings. The number of nitrogens with one attached hydrogen (secondary N) is 1. The highest BCUT2D eigenvalue weighted by Gasteiger charge is 2.11. The second-order valence-electron chi connectivity index (χ2n) is 4.60. The molecule has 1 N–H and O–H groups in total. The van der Waals surface area contributed by atoms with E-state index in [2.05, 4.69) is 38.8 Å². The van der Waals surface area contributed by atoms with E-state index < -0.39 is 0 Å². The van der Waals surface area contributed by atoms with Crippen LogP contribution in [0.15, 0.2) is 12.4 Å². The fourth-order valence-electron chi connectivity index (χ4n) is 1.79. The van der Waals surface area contributed by atoms with Gasteiger partial charge in [-0.3, -0.25) is 4.90 Å². The van der Waals surface area contributed by atoms with Crippen molar-refractivity contribution in [2.75, 3.05) is 18.9 Å². The largest absolute Gasteiger partial charge is 0.374 e. The maximum absolute atomic E-state index is 4.33. The smallest absolute Gasteiger partial charge is 0.134 e. The monoisotopic (exact) mass is 280 g/mol. The summed E-state index contributed by atoms with van der Waals surface area (Å²) in [5, 5.41) is 8.64. The van der Waals surface area contributed by atoms with E-state index in [1.165, 1.54) is 11.5 Å². The molecule has 0 saturated heterocycles. The number of imidazole rings is 1. The van der Waals surface area contributed by atoms with E-state index in [9.17, 15) is 0 Å². The Bertz CT molecular complexity index is 506. The maximum Gasteiger partial charge on any atom is 0.134 e. The van der Waals surface area contributed by atoms with E-state index in [-0.39, 0.29) is 0 Å². The van der Waals surface area contributed by atoms with Gasteiger partial charge in [0, 0.05) is 44.1 Å². The van der Waals surface area contributed by atoms with Gasteiger partial charge in [-0.1, -0.05) is 11.4 Å². The Morgan fingerprint density at radius 3 is 2.95 bits per heavy atom. The number of rotatable bonds is 7. The van der Waals surface area contributed by atoms with Gasteiger partial charge in [0.2, 0.25) is 0 Å². The van der Waals surface area contributed by atoms with E-state index in [4.69, 9.17) is 0 Å². The van der Waals surface area contributed by atoms with E-state index >= 15 is 0 Å². The van der Waals surface area contributed by atoms with Crippen LogP contribution in [-0.2, 0) is 20.1 Å². The van der Waals surface area contributed by atoms with Gasteiger partial charge in [0.05, 0.1) is 6.54 Å². The molecule has 6 nitrogen and oxygen atoms in total. The third kappa shape index (κ3) is 3.74. The van der Waals surface area contributed by atoms with Gasteiger partial charge in [-0.2, -0.15) is 0 Å². The predicted molar refractivity (Wildman–Crippen MR) is 77.1 cm³/mol. The Morgan fingerprint density at radius 1 is 1.42 bits per heavy atom. The van der Waals surface area contributed by atoms with Gasteiger partial charge < -0.3 is 9.88 Å². The van der Waals surface area contributed by atoms with Crippen molar-refractivity contribution >= 4 is 16.5 Å². The average molecular weight is 280 g/mol. The highest BCUT2D eigenvalue weighted by atomic mass is 32.1. The van der Waals surface area contributed by atoms with Crippen molar-refractivity contribution in [2.24, 2.45) is 7.05 Å². The summed E-state index contributed by atoms with van der Waals surface area (Å²) in [6, 6.07) is 0. The van der Waals surface area contributed by atoms with E-state index in [0.717, 1.165) is 42.6 Å². The lowest BCUT2D eigenvalue weighted by atomic mass is 10.4. The van der Waals surface area contributed by atoms with Crippen LogP contribution in [0.1, 0.15) is 24.9 Å². The average Bonchev–Trinajstić information content (AvgIpc) is 2.97. The fraction of sp³-hybridized carbons (Fsp3) is 0.583. The van der Waals surface area contributed by atoms with Crippen molar-refractivity contribution in [3.05, 3.63) is 23.9 Å². The van der Waals surface area contributed by atoms with Crippen LogP contribution in [0, 0.1) is 0 Å². The molecule has 0 aliphatic carbocycles. The number of nitrogens with zero attached hydrogens (tertiary/aromatic N) is 5. The van der Waals surface area contributed by atoms with Crippen LogP contribution in [0.5, 0.6) is 0 Å². The van der Waals surface area contributed by atoms with Crippen LogP contribution in [0.2, 0.25) is 0 Å². The molecule has 7 heteroatoms. The number of aryl methyl sites for hydroxylation is 1. The molecular weight excluding hydrogens is 260 g/mol. The van der Waals surface area contributed by atoms with E-state index in [1.54, 1.807) is 0 Å². The topological polar surface area (TPSA) is 58.9 Å². The van der Waals surface area contributed by atoms with Crippen LogP contribution in [-0.4, -0.2) is 37.6 Å². The second-order valence-corrected chi connectivity index (χ2v) is 5.36. The summed E-state index contributed by atoms with van der Waals surface area (Å²) < 4.78 is 6.06. The lowest BCUT2D eigenvalue weighted by molar-refractivity contribution is 0.303. The van der Waals surface area contributed by atoms with Gasteiger partial charge >= 0.3 is 0 Å². The summed E-state index contributed by atoms with van der Waals surface area (Å²) in [4.78, 5) is 6.52. The van der Waals surface area contributed by atoms with Crippen molar-refractivity contribution < 1.29 is 0 Å². The van der Waals surface area contributed by atoms with Gasteiger partial charge in [-0.05, 0) is 13.5 Å². The molecule has 0 unspecified atom stereocenters. The summed E-state index contributed by atoms with van der Waals surface area (Å²) >= 11 is 1.42. The quantitative estimate of drug-likeness (QED) is 0.837. The van der Waals surface area contributed by atoms with Gasteiger partial charge in [-0.25, -0.2) is 4.98 Å². The molecule has 0 amide bonds. The number of anilines is 1. The number of hydrogen-bond donors (Lipinski definition) is 1. The van der Waals surface area contributed by atoms with Crippen LogP contribution < -0.4 is 5.32 Å². The summed E-state index contributed by atoms with van der Waals surface area (Å²) in [6.45, 7) is 4.68. The van der Waals surface area contributed by atoms with Crippen molar-refractivity contribution in [1.82, 2.24) is 24.0 Å². The molecule has 0 radical (unpaired) electrons. The van der Waals surface area contributed by atoms with Gasteiger partial charge in [0.25, 0.3) is 0 Å². The molecule has 2 rings (SSSR count). The molecule has 104 valence electrons. The van der Waals surface area contributed by atoms with E-state index in [0.29, 0.717) is 0 Å². The zero-order chi connectivity index (χ0) is 13.7. The molecule has 0 aromatic carbocycles. The van der Waals surface area contributed by atoms with Crippen LogP contribution in [0.3, 0.4) is 0 Å². The van der Waals surface area contributed by atoms with Gasteiger partial charge in [0.1, 0.15) is 16.5 Å². The first-order valence-corrected chi connectivity index (χ1v) is 7.18. The first-order valence-electron chi connectivity index (χ1n) is 6.40. The molecule has 2 heterocycles. The molecule has 2 aromatic rings. The summed E-state index contributed by atoms with van der Waals surface area (Å²) in [6.07, 6.45) is 4.88. The molecular formula is C12H20N6S. The minimum atomic E-state index is 0.773. The predicted octanol–water partition coefficient (Wildman–Crippen LogP) is 1.73. The van der Waals surface area contributed by atoms with Gasteiger partial charge in [0.15, 0.2) is 0 Å². The summed E-state index contributed by atoms with van der Waals surface area (Å²) in [5.74, 6) is 1.05.